The first-order chi connectivity index (χ1) is 11.7. The molecule has 0 bridgehead atoms. The third kappa shape index (κ3) is 3.95. The van der Waals surface area contributed by atoms with Crippen molar-refractivity contribution in [2.75, 3.05) is 20.5 Å². The fourth-order valence-corrected chi connectivity index (χ4v) is 2.04. The zero-order valence-electron chi connectivity index (χ0n) is 13.0. The summed E-state index contributed by atoms with van der Waals surface area (Å²) in [5, 5.41) is 3.89. The monoisotopic (exact) mass is 328 g/mol. The van der Waals surface area contributed by atoms with Crippen molar-refractivity contribution in [2.45, 2.75) is 0 Å². The van der Waals surface area contributed by atoms with Crippen molar-refractivity contribution < 1.29 is 23.7 Å². The van der Waals surface area contributed by atoms with Crippen molar-refractivity contribution in [3.63, 3.8) is 0 Å². The largest absolute Gasteiger partial charge is 0.497 e. The van der Waals surface area contributed by atoms with E-state index in [0.717, 1.165) is 5.56 Å². The van der Waals surface area contributed by atoms with E-state index in [1.54, 1.807) is 43.5 Å². The summed E-state index contributed by atoms with van der Waals surface area (Å²) in [7, 11) is 1.57. The molecule has 0 saturated heterocycles. The minimum absolute atomic E-state index is 0.147. The van der Waals surface area contributed by atoms with Crippen molar-refractivity contribution in [1.82, 2.24) is 5.43 Å². The minimum Gasteiger partial charge on any atom is -0.497 e. The summed E-state index contributed by atoms with van der Waals surface area (Å²) in [5.74, 6) is 2.20. The Labute approximate surface area is 138 Å². The molecule has 3 rings (SSSR count). The Morgan fingerprint density at radius 3 is 2.92 bits per heavy atom. The summed E-state index contributed by atoms with van der Waals surface area (Å²) in [6, 6.07) is 12.4. The topological polar surface area (TPSA) is 78.4 Å². The number of hydrogen-bond donors (Lipinski definition) is 1. The van der Waals surface area contributed by atoms with Gasteiger partial charge in [0.15, 0.2) is 18.1 Å². The highest BCUT2D eigenvalue weighted by atomic mass is 16.7. The van der Waals surface area contributed by atoms with E-state index in [2.05, 4.69) is 10.5 Å². The Kier molecular flexibility index (Phi) is 4.81. The molecule has 124 valence electrons. The molecule has 2 aromatic carbocycles. The molecule has 7 nitrogen and oxygen atoms in total. The van der Waals surface area contributed by atoms with Crippen LogP contribution in [0.4, 0.5) is 0 Å². The molecular weight excluding hydrogens is 312 g/mol. The summed E-state index contributed by atoms with van der Waals surface area (Å²) in [5.41, 5.74) is 3.19. The number of methoxy groups -OCH3 is 1. The van der Waals surface area contributed by atoms with Crippen LogP contribution in [0.3, 0.4) is 0 Å². The predicted octanol–water partition coefficient (Wildman–Crippen LogP) is 1.95. The average Bonchev–Trinajstić information content (AvgIpc) is 3.08. The SMILES string of the molecule is COc1cccc(OCC(=O)N/N=C/c2ccc3c(c2)OCO3)c1. The van der Waals surface area contributed by atoms with Crippen molar-refractivity contribution in [3.8, 4) is 23.0 Å². The molecule has 0 aromatic heterocycles. The Morgan fingerprint density at radius 2 is 2.04 bits per heavy atom. The number of ether oxygens (including phenoxy) is 4. The van der Waals surface area contributed by atoms with E-state index in [9.17, 15) is 4.79 Å². The van der Waals surface area contributed by atoms with Crippen molar-refractivity contribution in [3.05, 3.63) is 48.0 Å². The lowest BCUT2D eigenvalue weighted by Gasteiger charge is -2.06. The molecule has 7 heteroatoms. The number of rotatable bonds is 6. The van der Waals surface area contributed by atoms with Gasteiger partial charge in [0.2, 0.25) is 6.79 Å². The Bertz CT molecular complexity index is 760. The molecule has 0 atom stereocenters. The highest BCUT2D eigenvalue weighted by Gasteiger charge is 2.12. The van der Waals surface area contributed by atoms with Gasteiger partial charge >= 0.3 is 0 Å². The van der Waals surface area contributed by atoms with Gasteiger partial charge in [-0.1, -0.05) is 6.07 Å². The molecule has 0 fully saturated rings. The first-order valence-electron chi connectivity index (χ1n) is 7.23. The third-order valence-corrected chi connectivity index (χ3v) is 3.21. The average molecular weight is 328 g/mol. The van der Waals surface area contributed by atoms with Crippen molar-refractivity contribution >= 4 is 12.1 Å². The molecular formula is C17H16N2O5. The minimum atomic E-state index is -0.366. The highest BCUT2D eigenvalue weighted by molar-refractivity contribution is 5.83. The lowest BCUT2D eigenvalue weighted by Crippen LogP contribution is -2.24. The van der Waals surface area contributed by atoms with E-state index in [-0.39, 0.29) is 19.3 Å². The predicted molar refractivity (Wildman–Crippen MR) is 86.8 cm³/mol. The summed E-state index contributed by atoms with van der Waals surface area (Å²) >= 11 is 0. The van der Waals surface area contributed by atoms with Gasteiger partial charge in [-0.25, -0.2) is 5.43 Å². The molecule has 0 aliphatic carbocycles. The second-order valence-electron chi connectivity index (χ2n) is 4.87. The summed E-state index contributed by atoms with van der Waals surface area (Å²) in [6.07, 6.45) is 1.52. The van der Waals surface area contributed by atoms with Crippen LogP contribution in [-0.4, -0.2) is 32.6 Å². The van der Waals surface area contributed by atoms with E-state index < -0.39 is 0 Å². The number of amides is 1. The Hall–Kier alpha value is -3.22. The number of carbonyl (C=O) groups excluding carboxylic acids is 1. The van der Waals surface area contributed by atoms with Gasteiger partial charge in [0.05, 0.1) is 13.3 Å². The molecule has 1 amide bonds. The van der Waals surface area contributed by atoms with Crippen LogP contribution < -0.4 is 24.4 Å². The van der Waals surface area contributed by atoms with E-state index >= 15 is 0 Å². The summed E-state index contributed by atoms with van der Waals surface area (Å²) in [6.45, 7) is 0.0694. The number of hydrogen-bond acceptors (Lipinski definition) is 6. The fraction of sp³-hybridized carbons (Fsp3) is 0.176. The van der Waals surface area contributed by atoms with Gasteiger partial charge in [-0.3, -0.25) is 4.79 Å². The first-order valence-corrected chi connectivity index (χ1v) is 7.23. The van der Waals surface area contributed by atoms with Crippen LogP contribution in [0, 0.1) is 0 Å². The molecule has 24 heavy (non-hydrogen) atoms. The second-order valence-corrected chi connectivity index (χ2v) is 4.87. The van der Waals surface area contributed by atoms with Gasteiger partial charge in [-0.15, -0.1) is 0 Å². The number of nitrogens with zero attached hydrogens (tertiary/aromatic N) is 1. The maximum atomic E-state index is 11.7. The van der Waals surface area contributed by atoms with Gasteiger partial charge in [-0.05, 0) is 35.9 Å². The quantitative estimate of drug-likeness (QED) is 0.648. The maximum absolute atomic E-state index is 11.7. The first kappa shape index (κ1) is 15.7. The van der Waals surface area contributed by atoms with Crippen LogP contribution in [-0.2, 0) is 4.79 Å². The van der Waals surface area contributed by atoms with Gasteiger partial charge in [0.1, 0.15) is 11.5 Å². The number of nitrogens with one attached hydrogen (secondary N) is 1. The Balaban J connectivity index is 1.48. The molecule has 0 spiro atoms. The highest BCUT2D eigenvalue weighted by Crippen LogP contribution is 2.31. The summed E-state index contributed by atoms with van der Waals surface area (Å²) < 4.78 is 21.0. The lowest BCUT2D eigenvalue weighted by atomic mass is 10.2. The smallest absolute Gasteiger partial charge is 0.277 e. The van der Waals surface area contributed by atoms with Crippen LogP contribution in [0.5, 0.6) is 23.0 Å². The van der Waals surface area contributed by atoms with E-state index in [1.165, 1.54) is 6.21 Å². The van der Waals surface area contributed by atoms with Crippen molar-refractivity contribution in [2.24, 2.45) is 5.10 Å². The third-order valence-electron chi connectivity index (χ3n) is 3.21. The van der Waals surface area contributed by atoms with Gasteiger partial charge in [0, 0.05) is 6.07 Å². The van der Waals surface area contributed by atoms with Crippen LogP contribution in [0.25, 0.3) is 0 Å². The molecule has 2 aromatic rings. The van der Waals surface area contributed by atoms with E-state index in [4.69, 9.17) is 18.9 Å². The van der Waals surface area contributed by atoms with Crippen LogP contribution in [0.15, 0.2) is 47.6 Å². The van der Waals surface area contributed by atoms with Gasteiger partial charge < -0.3 is 18.9 Å². The van der Waals surface area contributed by atoms with Crippen LogP contribution >= 0.6 is 0 Å². The number of carbonyl (C=O) groups is 1. The number of benzene rings is 2. The fourth-order valence-electron chi connectivity index (χ4n) is 2.04. The normalized spacial score (nSPS) is 12.2. The maximum Gasteiger partial charge on any atom is 0.277 e. The van der Waals surface area contributed by atoms with E-state index in [0.29, 0.717) is 23.0 Å². The molecule has 1 N–H and O–H groups in total. The number of fused-ring (bicyclic) bond motifs is 1. The van der Waals surface area contributed by atoms with E-state index in [1.807, 2.05) is 6.07 Å². The zero-order chi connectivity index (χ0) is 16.8. The molecule has 1 aliphatic heterocycles. The van der Waals surface area contributed by atoms with Crippen LogP contribution in [0.1, 0.15) is 5.56 Å². The summed E-state index contributed by atoms with van der Waals surface area (Å²) in [4.78, 5) is 11.7. The molecule has 0 radical (unpaired) electrons. The Morgan fingerprint density at radius 1 is 1.21 bits per heavy atom. The standard InChI is InChI=1S/C17H16N2O5/c1-21-13-3-2-4-14(8-13)22-10-17(20)19-18-9-12-5-6-15-16(7-12)24-11-23-15/h2-9H,10-11H2,1H3,(H,19,20)/b18-9+. The number of hydrazone groups is 1. The van der Waals surface area contributed by atoms with Gasteiger partial charge in [-0.2, -0.15) is 5.10 Å². The molecule has 0 unspecified atom stereocenters. The molecule has 0 saturated carbocycles. The lowest BCUT2D eigenvalue weighted by molar-refractivity contribution is -0.123. The second kappa shape index (κ2) is 7.36. The molecule has 1 heterocycles. The zero-order valence-corrected chi connectivity index (χ0v) is 13.0. The van der Waals surface area contributed by atoms with Crippen LogP contribution in [0.2, 0.25) is 0 Å². The van der Waals surface area contributed by atoms with Gasteiger partial charge in [0.25, 0.3) is 5.91 Å². The van der Waals surface area contributed by atoms with Crippen molar-refractivity contribution in [1.29, 1.82) is 0 Å². The molecule has 1 aliphatic rings.